The number of fused-ring (bicyclic) bond motifs is 7. The Bertz CT molecular complexity index is 1760. The second-order valence-electron chi connectivity index (χ2n) is 10.3. The molecular formula is C29H25BN2O3. The minimum Gasteiger partial charge on any atom is -0.454 e. The Hall–Kier alpha value is -3.61. The maximum atomic E-state index is 6.45. The lowest BCUT2D eigenvalue weighted by Crippen LogP contribution is -2.41. The summed E-state index contributed by atoms with van der Waals surface area (Å²) >= 11 is 0. The lowest BCUT2D eigenvalue weighted by molar-refractivity contribution is 0.00578. The zero-order chi connectivity index (χ0) is 23.9. The number of nitrogens with zero attached hydrogens (tertiary/aromatic N) is 2. The molecule has 1 aliphatic rings. The molecule has 3 aromatic carbocycles. The molecule has 3 aromatic heterocycles. The first-order chi connectivity index (χ1) is 16.8. The molecule has 6 heteroatoms. The van der Waals surface area contributed by atoms with Gasteiger partial charge in [-0.3, -0.25) is 4.98 Å². The van der Waals surface area contributed by atoms with E-state index in [2.05, 4.69) is 91.8 Å². The highest BCUT2D eigenvalue weighted by Crippen LogP contribution is 2.40. The van der Waals surface area contributed by atoms with E-state index in [-0.39, 0.29) is 0 Å². The van der Waals surface area contributed by atoms with Gasteiger partial charge in [0.05, 0.1) is 28.4 Å². The fraction of sp³-hybridized carbons (Fsp3) is 0.207. The molecule has 0 aliphatic carbocycles. The van der Waals surface area contributed by atoms with Crippen molar-refractivity contribution in [2.75, 3.05) is 0 Å². The quantitative estimate of drug-likeness (QED) is 0.282. The summed E-state index contributed by atoms with van der Waals surface area (Å²) in [6.45, 7) is 8.31. The highest BCUT2D eigenvalue weighted by molar-refractivity contribution is 6.62. The summed E-state index contributed by atoms with van der Waals surface area (Å²) in [4.78, 5) is 4.45. The van der Waals surface area contributed by atoms with Crippen molar-refractivity contribution in [1.82, 2.24) is 9.55 Å². The molecule has 5 nitrogen and oxygen atoms in total. The van der Waals surface area contributed by atoms with E-state index in [0.29, 0.717) is 0 Å². The zero-order valence-electron chi connectivity index (χ0n) is 20.2. The van der Waals surface area contributed by atoms with Crippen LogP contribution >= 0.6 is 0 Å². The average Bonchev–Trinajstić information content (AvgIpc) is 3.46. The van der Waals surface area contributed by atoms with Crippen molar-refractivity contribution in [3.63, 3.8) is 0 Å². The molecule has 0 amide bonds. The molecule has 1 aliphatic heterocycles. The summed E-state index contributed by atoms with van der Waals surface area (Å²) in [6, 6.07) is 23.0. The fourth-order valence-corrected chi connectivity index (χ4v) is 5.18. The van der Waals surface area contributed by atoms with Gasteiger partial charge in [0.15, 0.2) is 5.58 Å². The molecule has 7 rings (SSSR count). The van der Waals surface area contributed by atoms with Crippen LogP contribution in [0.5, 0.6) is 0 Å². The fourth-order valence-electron chi connectivity index (χ4n) is 5.18. The van der Waals surface area contributed by atoms with Crippen LogP contribution < -0.4 is 5.46 Å². The third-order valence-electron chi connectivity index (χ3n) is 7.73. The van der Waals surface area contributed by atoms with E-state index in [9.17, 15) is 0 Å². The number of aromatic nitrogens is 2. The van der Waals surface area contributed by atoms with Gasteiger partial charge < -0.3 is 18.3 Å². The Morgan fingerprint density at radius 1 is 0.771 bits per heavy atom. The maximum absolute atomic E-state index is 6.45. The molecule has 1 saturated heterocycles. The molecule has 35 heavy (non-hydrogen) atoms. The SMILES string of the molecule is CC1(C)OB(c2cccc(-n3c4cnccc4c4ccc5c6ccccc6oc5c43)c2)OC1(C)C. The molecule has 1 fully saturated rings. The van der Waals surface area contributed by atoms with Gasteiger partial charge in [-0.1, -0.05) is 36.4 Å². The molecule has 0 unspecified atom stereocenters. The largest absolute Gasteiger partial charge is 0.494 e. The third-order valence-corrected chi connectivity index (χ3v) is 7.73. The van der Waals surface area contributed by atoms with E-state index < -0.39 is 18.3 Å². The van der Waals surface area contributed by atoms with Crippen LogP contribution in [0.15, 0.2) is 83.5 Å². The van der Waals surface area contributed by atoms with Crippen LogP contribution in [0.25, 0.3) is 49.4 Å². The molecule has 0 radical (unpaired) electrons. The maximum Gasteiger partial charge on any atom is 0.494 e. The van der Waals surface area contributed by atoms with Crippen LogP contribution in [0.1, 0.15) is 27.7 Å². The predicted octanol–water partition coefficient (Wildman–Crippen LogP) is 6.38. The standard InChI is InChI=1S/C29H25BN2O3/c1-28(2)29(3,4)35-30(34-28)18-8-7-9-19(16-18)32-24-17-31-15-14-20(24)22-12-13-23-21-10-5-6-11-25(21)33-27(23)26(22)32/h5-17H,1-4H3. The number of para-hydroxylation sites is 1. The van der Waals surface area contributed by atoms with E-state index in [0.717, 1.165) is 54.9 Å². The lowest BCUT2D eigenvalue weighted by Gasteiger charge is -2.32. The van der Waals surface area contributed by atoms with E-state index in [1.807, 2.05) is 24.5 Å². The van der Waals surface area contributed by atoms with Crippen LogP contribution in [0.3, 0.4) is 0 Å². The van der Waals surface area contributed by atoms with Crippen LogP contribution in [0.2, 0.25) is 0 Å². The van der Waals surface area contributed by atoms with E-state index in [1.54, 1.807) is 0 Å². The second kappa shape index (κ2) is 6.97. The number of rotatable bonds is 2. The van der Waals surface area contributed by atoms with Crippen LogP contribution in [-0.2, 0) is 9.31 Å². The second-order valence-corrected chi connectivity index (χ2v) is 10.3. The van der Waals surface area contributed by atoms with Gasteiger partial charge in [0, 0.05) is 33.4 Å². The Labute approximate surface area is 203 Å². The smallest absolute Gasteiger partial charge is 0.454 e. The van der Waals surface area contributed by atoms with Crippen molar-refractivity contribution in [2.45, 2.75) is 38.9 Å². The minimum atomic E-state index is -0.433. The Kier molecular flexibility index (Phi) is 4.13. The summed E-state index contributed by atoms with van der Waals surface area (Å²) in [5.41, 5.74) is 5.02. The van der Waals surface area contributed by atoms with E-state index in [4.69, 9.17) is 13.7 Å². The highest BCUT2D eigenvalue weighted by atomic mass is 16.7. The van der Waals surface area contributed by atoms with Crippen molar-refractivity contribution < 1.29 is 13.7 Å². The summed E-state index contributed by atoms with van der Waals surface area (Å²) in [5.74, 6) is 0. The number of pyridine rings is 1. The lowest BCUT2D eigenvalue weighted by atomic mass is 9.79. The highest BCUT2D eigenvalue weighted by Gasteiger charge is 2.51. The number of hydrogen-bond acceptors (Lipinski definition) is 4. The Morgan fingerprint density at radius 2 is 1.54 bits per heavy atom. The molecular weight excluding hydrogens is 435 g/mol. The van der Waals surface area contributed by atoms with Crippen LogP contribution in [0.4, 0.5) is 0 Å². The monoisotopic (exact) mass is 460 g/mol. The van der Waals surface area contributed by atoms with Crippen molar-refractivity contribution >= 4 is 56.3 Å². The normalized spacial score (nSPS) is 17.3. The summed E-state index contributed by atoms with van der Waals surface area (Å²) in [5, 5.41) is 4.49. The number of hydrogen-bond donors (Lipinski definition) is 0. The van der Waals surface area contributed by atoms with Crippen LogP contribution in [0, 0.1) is 0 Å². The van der Waals surface area contributed by atoms with E-state index in [1.165, 1.54) is 0 Å². The van der Waals surface area contributed by atoms with Crippen molar-refractivity contribution in [3.05, 3.63) is 79.1 Å². The van der Waals surface area contributed by atoms with Crippen molar-refractivity contribution in [1.29, 1.82) is 0 Å². The van der Waals surface area contributed by atoms with Gasteiger partial charge in [-0.2, -0.15) is 0 Å². The predicted molar refractivity (Wildman–Crippen MR) is 142 cm³/mol. The average molecular weight is 460 g/mol. The first kappa shape index (κ1) is 20.7. The van der Waals surface area contributed by atoms with Crippen molar-refractivity contribution in [3.8, 4) is 5.69 Å². The van der Waals surface area contributed by atoms with Gasteiger partial charge in [-0.25, -0.2) is 0 Å². The summed E-state index contributed by atoms with van der Waals surface area (Å²) in [6.07, 6.45) is 3.76. The first-order valence-corrected chi connectivity index (χ1v) is 12.0. The molecule has 0 spiro atoms. The molecule has 4 heterocycles. The number of furan rings is 1. The summed E-state index contributed by atoms with van der Waals surface area (Å²) in [7, 11) is -0.433. The molecule has 6 aromatic rings. The van der Waals surface area contributed by atoms with Gasteiger partial charge in [-0.05, 0) is 63.5 Å². The van der Waals surface area contributed by atoms with E-state index >= 15 is 0 Å². The molecule has 0 atom stereocenters. The first-order valence-electron chi connectivity index (χ1n) is 12.0. The minimum absolute atomic E-state index is 0.398. The third kappa shape index (κ3) is 2.87. The Morgan fingerprint density at radius 3 is 2.37 bits per heavy atom. The van der Waals surface area contributed by atoms with Crippen molar-refractivity contribution in [2.24, 2.45) is 0 Å². The van der Waals surface area contributed by atoms with Gasteiger partial charge in [0.2, 0.25) is 0 Å². The summed E-state index contributed by atoms with van der Waals surface area (Å²) < 4.78 is 21.4. The molecule has 0 N–H and O–H groups in total. The van der Waals surface area contributed by atoms with Gasteiger partial charge in [0.1, 0.15) is 5.58 Å². The van der Waals surface area contributed by atoms with Crippen LogP contribution in [-0.4, -0.2) is 27.9 Å². The molecule has 172 valence electrons. The zero-order valence-corrected chi connectivity index (χ0v) is 20.2. The molecule has 0 bridgehead atoms. The number of benzene rings is 3. The Balaban J connectivity index is 1.51. The van der Waals surface area contributed by atoms with Gasteiger partial charge in [0.25, 0.3) is 0 Å². The molecule has 0 saturated carbocycles. The van der Waals surface area contributed by atoms with Gasteiger partial charge >= 0.3 is 7.12 Å². The van der Waals surface area contributed by atoms with Gasteiger partial charge in [-0.15, -0.1) is 0 Å². The topological polar surface area (TPSA) is 49.4 Å².